The summed E-state index contributed by atoms with van der Waals surface area (Å²) in [5, 5.41) is 3.31. The van der Waals surface area contributed by atoms with Crippen LogP contribution in [0.2, 0.25) is 0 Å². The highest BCUT2D eigenvalue weighted by Gasteiger charge is 2.29. The van der Waals surface area contributed by atoms with Gasteiger partial charge in [0.1, 0.15) is 6.04 Å². The Morgan fingerprint density at radius 1 is 1.11 bits per heavy atom. The van der Waals surface area contributed by atoms with Crippen LogP contribution in [0.3, 0.4) is 0 Å². The number of rotatable bonds is 2. The van der Waals surface area contributed by atoms with Gasteiger partial charge in [-0.2, -0.15) is 0 Å². The van der Waals surface area contributed by atoms with Crippen molar-refractivity contribution in [2.75, 3.05) is 0 Å². The molecule has 0 saturated carbocycles. The van der Waals surface area contributed by atoms with Gasteiger partial charge in [-0.1, -0.05) is 34.1 Å². The second-order valence-electron chi connectivity index (χ2n) is 6.81. The summed E-state index contributed by atoms with van der Waals surface area (Å²) in [6.45, 7) is 0. The van der Waals surface area contributed by atoms with Crippen LogP contribution >= 0.6 is 15.9 Å². The van der Waals surface area contributed by atoms with Gasteiger partial charge in [0.2, 0.25) is 0 Å². The summed E-state index contributed by atoms with van der Waals surface area (Å²) in [5.74, 6) is 0.463. The van der Waals surface area contributed by atoms with Crippen LogP contribution in [0.5, 0.6) is 0 Å². The molecule has 0 saturated heterocycles. The van der Waals surface area contributed by atoms with Crippen molar-refractivity contribution in [2.45, 2.75) is 18.9 Å². The molecule has 134 valence electrons. The third-order valence-corrected chi connectivity index (χ3v) is 5.68. The number of nitrogens with two attached hydrogens (primary N) is 1. The lowest BCUT2D eigenvalue weighted by Crippen LogP contribution is -2.37. The fourth-order valence-corrected chi connectivity index (χ4v) is 4.24. The molecule has 1 aliphatic carbocycles. The summed E-state index contributed by atoms with van der Waals surface area (Å²) < 4.78 is 3.06. The molecule has 5 rings (SSSR count). The second-order valence-corrected chi connectivity index (χ2v) is 7.72. The van der Waals surface area contributed by atoms with E-state index in [2.05, 4.69) is 68.7 Å². The summed E-state index contributed by atoms with van der Waals surface area (Å²) in [5.41, 5.74) is 13.3. The molecule has 1 atom stereocenters. The Bertz CT molecular complexity index is 1060. The van der Waals surface area contributed by atoms with E-state index in [9.17, 15) is 0 Å². The molecule has 1 aliphatic heterocycles. The van der Waals surface area contributed by atoms with Crippen LogP contribution in [0.25, 0.3) is 11.4 Å². The minimum Gasteiger partial charge on any atom is -0.370 e. The number of imidazole rings is 1. The zero-order valence-electron chi connectivity index (χ0n) is 14.6. The van der Waals surface area contributed by atoms with Gasteiger partial charge in [-0.05, 0) is 53.8 Å². The van der Waals surface area contributed by atoms with Crippen LogP contribution in [0, 0.1) is 0 Å². The molecule has 2 aromatic carbocycles. The van der Waals surface area contributed by atoms with Crippen molar-refractivity contribution < 1.29 is 0 Å². The fraction of sp³-hybridized carbons (Fsp3) is 0.143. The molecule has 3 N–H and O–H groups in total. The zero-order chi connectivity index (χ0) is 18.4. The zero-order valence-corrected chi connectivity index (χ0v) is 16.1. The van der Waals surface area contributed by atoms with E-state index in [0.717, 1.165) is 34.3 Å². The molecule has 2 aliphatic rings. The van der Waals surface area contributed by atoms with Gasteiger partial charge in [-0.15, -0.1) is 0 Å². The quantitative estimate of drug-likeness (QED) is 0.660. The van der Waals surface area contributed by atoms with Crippen molar-refractivity contribution in [2.24, 2.45) is 10.7 Å². The highest BCUT2D eigenvalue weighted by molar-refractivity contribution is 9.10. The van der Waals surface area contributed by atoms with Gasteiger partial charge in [-0.3, -0.25) is 0 Å². The van der Waals surface area contributed by atoms with Crippen molar-refractivity contribution in [3.63, 3.8) is 0 Å². The van der Waals surface area contributed by atoms with Crippen LogP contribution in [0.15, 0.2) is 76.2 Å². The van der Waals surface area contributed by atoms with Crippen molar-refractivity contribution in [3.05, 3.63) is 87.9 Å². The maximum atomic E-state index is 6.15. The molecule has 0 fully saturated rings. The average molecular weight is 420 g/mol. The standard InChI is InChI=1S/C21H18BrN5/c22-15-5-1-13-4-8-17-19(25-21(23)26-20(17)18(13)11-15)14-2-6-16(7-3-14)27-10-9-24-12-27/h1-3,5-7,9-12,19H,4,8H2,(H3,23,25,26). The number of benzene rings is 2. The predicted molar refractivity (Wildman–Crippen MR) is 110 cm³/mol. The number of hydrogen-bond donors (Lipinski definition) is 2. The Morgan fingerprint density at radius 3 is 2.74 bits per heavy atom. The number of nitrogens with zero attached hydrogens (tertiary/aromatic N) is 3. The molecule has 1 unspecified atom stereocenters. The number of aryl methyl sites for hydroxylation is 1. The van der Waals surface area contributed by atoms with Crippen LogP contribution in [-0.4, -0.2) is 15.5 Å². The minimum absolute atomic E-state index is 0.0507. The highest BCUT2D eigenvalue weighted by Crippen LogP contribution is 2.41. The third kappa shape index (κ3) is 2.86. The molecule has 0 amide bonds. The lowest BCUT2D eigenvalue weighted by Gasteiger charge is -2.32. The van der Waals surface area contributed by atoms with E-state index in [-0.39, 0.29) is 6.04 Å². The monoisotopic (exact) mass is 419 g/mol. The number of aliphatic imine (C=N–C) groups is 1. The first-order chi connectivity index (χ1) is 13.2. The minimum atomic E-state index is -0.0507. The summed E-state index contributed by atoms with van der Waals surface area (Å²) in [7, 11) is 0. The number of hydrogen-bond acceptors (Lipinski definition) is 4. The van der Waals surface area contributed by atoms with Crippen molar-refractivity contribution >= 4 is 27.6 Å². The maximum absolute atomic E-state index is 6.15. The molecule has 0 spiro atoms. The van der Waals surface area contributed by atoms with Crippen LogP contribution in [0.4, 0.5) is 0 Å². The Kier molecular flexibility index (Phi) is 3.86. The molecule has 27 heavy (non-hydrogen) atoms. The van der Waals surface area contributed by atoms with Gasteiger partial charge in [0.15, 0.2) is 5.96 Å². The molecule has 0 bridgehead atoms. The number of aromatic nitrogens is 2. The van der Waals surface area contributed by atoms with E-state index in [4.69, 9.17) is 10.7 Å². The molecule has 3 aromatic rings. The van der Waals surface area contributed by atoms with E-state index >= 15 is 0 Å². The van der Waals surface area contributed by atoms with E-state index < -0.39 is 0 Å². The molecule has 6 heteroatoms. The first-order valence-corrected chi connectivity index (χ1v) is 9.69. The fourth-order valence-electron chi connectivity index (χ4n) is 3.88. The predicted octanol–water partition coefficient (Wildman–Crippen LogP) is 3.95. The van der Waals surface area contributed by atoms with Gasteiger partial charge >= 0.3 is 0 Å². The Hall–Kier alpha value is -2.86. The van der Waals surface area contributed by atoms with Crippen molar-refractivity contribution in [3.8, 4) is 5.69 Å². The van der Waals surface area contributed by atoms with Crippen LogP contribution in [-0.2, 0) is 6.42 Å². The number of guanidine groups is 1. The largest absolute Gasteiger partial charge is 0.370 e. The van der Waals surface area contributed by atoms with E-state index in [1.165, 1.54) is 16.7 Å². The van der Waals surface area contributed by atoms with E-state index in [1.807, 2.05) is 10.8 Å². The molecular weight excluding hydrogens is 402 g/mol. The Morgan fingerprint density at radius 2 is 1.96 bits per heavy atom. The lowest BCUT2D eigenvalue weighted by atomic mass is 9.83. The Balaban J connectivity index is 1.57. The van der Waals surface area contributed by atoms with Gasteiger partial charge in [0.25, 0.3) is 0 Å². The first-order valence-electron chi connectivity index (χ1n) is 8.89. The number of nitrogens with one attached hydrogen (secondary N) is 1. The van der Waals surface area contributed by atoms with E-state index in [0.29, 0.717) is 5.96 Å². The van der Waals surface area contributed by atoms with E-state index in [1.54, 1.807) is 12.5 Å². The normalized spacial score (nSPS) is 18.4. The number of fused-ring (bicyclic) bond motifs is 2. The summed E-state index contributed by atoms with van der Waals surface area (Å²) in [6, 6.07) is 14.8. The average Bonchev–Trinajstić information content (AvgIpc) is 3.22. The molecule has 0 radical (unpaired) electrons. The van der Waals surface area contributed by atoms with Crippen molar-refractivity contribution in [1.29, 1.82) is 0 Å². The van der Waals surface area contributed by atoms with Crippen molar-refractivity contribution in [1.82, 2.24) is 14.9 Å². The van der Waals surface area contributed by atoms with Gasteiger partial charge in [0.05, 0.1) is 12.0 Å². The topological polar surface area (TPSA) is 68.2 Å². The third-order valence-electron chi connectivity index (χ3n) is 5.19. The Labute approximate surface area is 165 Å². The highest BCUT2D eigenvalue weighted by atomic mass is 79.9. The van der Waals surface area contributed by atoms with Gasteiger partial charge in [-0.25, -0.2) is 9.98 Å². The molecule has 1 aromatic heterocycles. The van der Waals surface area contributed by atoms with Crippen LogP contribution in [0.1, 0.15) is 29.2 Å². The smallest absolute Gasteiger partial charge is 0.194 e. The van der Waals surface area contributed by atoms with Gasteiger partial charge in [0, 0.05) is 28.1 Å². The summed E-state index contributed by atoms with van der Waals surface area (Å²) in [4.78, 5) is 8.83. The SMILES string of the molecule is NC1=NC(c2ccc(-n3ccnc3)cc2)C2=C(N1)c1cc(Br)ccc1CC2. The molecular formula is C21H18BrN5. The summed E-state index contributed by atoms with van der Waals surface area (Å²) in [6.07, 6.45) is 7.50. The lowest BCUT2D eigenvalue weighted by molar-refractivity contribution is 0.733. The number of halogens is 1. The second kappa shape index (κ2) is 6.39. The molecule has 2 heterocycles. The summed E-state index contributed by atoms with van der Waals surface area (Å²) >= 11 is 3.59. The van der Waals surface area contributed by atoms with Gasteiger partial charge < -0.3 is 15.6 Å². The molecule has 5 nitrogen and oxygen atoms in total. The maximum Gasteiger partial charge on any atom is 0.194 e. The van der Waals surface area contributed by atoms with Crippen LogP contribution < -0.4 is 11.1 Å². The first kappa shape index (κ1) is 16.3.